The summed E-state index contributed by atoms with van der Waals surface area (Å²) in [5.74, 6) is 1.29. The van der Waals surface area contributed by atoms with Gasteiger partial charge in [0.25, 0.3) is 0 Å². The van der Waals surface area contributed by atoms with E-state index in [0.29, 0.717) is 5.92 Å². The topological polar surface area (TPSA) is 47.0 Å². The Bertz CT molecular complexity index is 527. The van der Waals surface area contributed by atoms with Crippen LogP contribution in [0.1, 0.15) is 12.6 Å². The van der Waals surface area contributed by atoms with Crippen molar-refractivity contribution in [1.29, 1.82) is 0 Å². The minimum atomic E-state index is 0.442. The van der Waals surface area contributed by atoms with Crippen LogP contribution in [0.15, 0.2) is 24.3 Å². The average molecular weight is 245 g/mol. The second-order valence-corrected chi connectivity index (χ2v) is 4.62. The van der Waals surface area contributed by atoms with Crippen LogP contribution in [-0.4, -0.2) is 30.5 Å². The molecule has 0 saturated carbocycles. The molecule has 0 amide bonds. The molecule has 2 aromatic rings. The molecule has 0 aliphatic heterocycles. The number of methoxy groups -OCH3 is 1. The van der Waals surface area contributed by atoms with Crippen molar-refractivity contribution >= 4 is 16.6 Å². The number of ether oxygens (including phenoxy) is 1. The fourth-order valence-electron chi connectivity index (χ4n) is 1.98. The summed E-state index contributed by atoms with van der Waals surface area (Å²) < 4.78 is 5.12. The second kappa shape index (κ2) is 5.78. The van der Waals surface area contributed by atoms with Crippen LogP contribution in [0.4, 0.5) is 5.82 Å². The quantitative estimate of drug-likeness (QED) is 0.879. The number of hydrogen-bond donors (Lipinski definition) is 1. The minimum absolute atomic E-state index is 0.442. The third kappa shape index (κ3) is 2.76. The Hall–Kier alpha value is -1.68. The van der Waals surface area contributed by atoms with Crippen LogP contribution in [0.5, 0.6) is 0 Å². The zero-order valence-corrected chi connectivity index (χ0v) is 11.1. The van der Waals surface area contributed by atoms with Crippen molar-refractivity contribution in [2.75, 3.05) is 25.6 Å². The average Bonchev–Trinajstić information content (AvgIpc) is 2.39. The number of nitrogens with zero attached hydrogens (tertiary/aromatic N) is 2. The molecule has 0 aliphatic carbocycles. The highest BCUT2D eigenvalue weighted by molar-refractivity contribution is 5.92. The molecule has 0 fully saturated rings. The number of fused-ring (bicyclic) bond motifs is 1. The number of nitrogens with one attached hydrogen (secondary N) is 1. The molecule has 2 rings (SSSR count). The van der Waals surface area contributed by atoms with Gasteiger partial charge in [0.1, 0.15) is 0 Å². The van der Waals surface area contributed by atoms with Crippen LogP contribution in [0.3, 0.4) is 0 Å². The maximum Gasteiger partial charge on any atom is 0.156 e. The molecule has 1 atom stereocenters. The van der Waals surface area contributed by atoms with E-state index in [4.69, 9.17) is 4.74 Å². The van der Waals surface area contributed by atoms with E-state index in [1.54, 1.807) is 7.11 Å². The van der Waals surface area contributed by atoms with Crippen molar-refractivity contribution in [2.45, 2.75) is 13.8 Å². The lowest BCUT2D eigenvalue weighted by atomic mass is 10.1. The molecule has 18 heavy (non-hydrogen) atoms. The lowest BCUT2D eigenvalue weighted by Gasteiger charge is -2.13. The molecular weight excluding hydrogens is 226 g/mol. The van der Waals surface area contributed by atoms with E-state index >= 15 is 0 Å². The van der Waals surface area contributed by atoms with Crippen LogP contribution in [0, 0.1) is 12.8 Å². The number of aromatic nitrogens is 2. The van der Waals surface area contributed by atoms with Crippen LogP contribution >= 0.6 is 0 Å². The van der Waals surface area contributed by atoms with Crippen molar-refractivity contribution in [3.05, 3.63) is 30.0 Å². The lowest BCUT2D eigenvalue weighted by Crippen LogP contribution is -2.17. The third-order valence-electron chi connectivity index (χ3n) is 2.94. The van der Waals surface area contributed by atoms with Gasteiger partial charge in [-0.2, -0.15) is 5.10 Å². The first-order valence-electron chi connectivity index (χ1n) is 6.17. The van der Waals surface area contributed by atoms with Gasteiger partial charge in [-0.25, -0.2) is 0 Å². The molecule has 1 N–H and O–H groups in total. The molecule has 1 unspecified atom stereocenters. The molecule has 1 heterocycles. The minimum Gasteiger partial charge on any atom is -0.384 e. The predicted molar refractivity (Wildman–Crippen MR) is 73.8 cm³/mol. The highest BCUT2D eigenvalue weighted by Crippen LogP contribution is 2.22. The Balaban J connectivity index is 2.21. The van der Waals surface area contributed by atoms with Gasteiger partial charge in [0.2, 0.25) is 0 Å². The Kier molecular flexibility index (Phi) is 4.10. The van der Waals surface area contributed by atoms with Gasteiger partial charge in [0.15, 0.2) is 5.82 Å². The summed E-state index contributed by atoms with van der Waals surface area (Å²) in [7, 11) is 1.72. The fraction of sp³-hybridized carbons (Fsp3) is 0.429. The first-order valence-corrected chi connectivity index (χ1v) is 6.17. The third-order valence-corrected chi connectivity index (χ3v) is 2.94. The first-order chi connectivity index (χ1) is 8.72. The Labute approximate surface area is 107 Å². The number of hydrogen-bond acceptors (Lipinski definition) is 4. The van der Waals surface area contributed by atoms with Gasteiger partial charge < -0.3 is 10.1 Å². The smallest absolute Gasteiger partial charge is 0.156 e. The summed E-state index contributed by atoms with van der Waals surface area (Å²) in [4.78, 5) is 0. The molecule has 0 spiro atoms. The molecule has 96 valence electrons. The monoisotopic (exact) mass is 245 g/mol. The molecule has 0 radical (unpaired) electrons. The second-order valence-electron chi connectivity index (χ2n) is 4.62. The summed E-state index contributed by atoms with van der Waals surface area (Å²) in [6.07, 6.45) is 0. The van der Waals surface area contributed by atoms with E-state index in [9.17, 15) is 0 Å². The maximum absolute atomic E-state index is 5.12. The van der Waals surface area contributed by atoms with Crippen LogP contribution in [0.25, 0.3) is 10.8 Å². The molecule has 0 saturated heterocycles. The molecular formula is C14H19N3O. The van der Waals surface area contributed by atoms with Gasteiger partial charge in [-0.3, -0.25) is 0 Å². The van der Waals surface area contributed by atoms with Gasteiger partial charge in [-0.1, -0.05) is 31.2 Å². The van der Waals surface area contributed by atoms with E-state index in [-0.39, 0.29) is 0 Å². The van der Waals surface area contributed by atoms with E-state index in [2.05, 4.69) is 34.6 Å². The molecule has 1 aromatic carbocycles. The molecule has 4 heteroatoms. The Morgan fingerprint density at radius 3 is 2.67 bits per heavy atom. The fourth-order valence-corrected chi connectivity index (χ4v) is 1.98. The van der Waals surface area contributed by atoms with Crippen molar-refractivity contribution in [3.63, 3.8) is 0 Å². The van der Waals surface area contributed by atoms with Crippen molar-refractivity contribution in [1.82, 2.24) is 10.2 Å². The molecule has 4 nitrogen and oxygen atoms in total. The van der Waals surface area contributed by atoms with Gasteiger partial charge in [-0.15, -0.1) is 5.10 Å². The van der Waals surface area contributed by atoms with Gasteiger partial charge in [0, 0.05) is 24.4 Å². The number of benzene rings is 1. The van der Waals surface area contributed by atoms with Gasteiger partial charge >= 0.3 is 0 Å². The number of aryl methyl sites for hydroxylation is 1. The summed E-state index contributed by atoms with van der Waals surface area (Å²) >= 11 is 0. The number of rotatable bonds is 5. The standard InChI is InChI=1S/C14H19N3O/c1-10(9-18-3)8-15-14-13-7-5-4-6-12(13)11(2)16-17-14/h4-7,10H,8-9H2,1-3H3,(H,15,17). The normalized spacial score (nSPS) is 12.6. The summed E-state index contributed by atoms with van der Waals surface area (Å²) in [5.41, 5.74) is 0.959. The van der Waals surface area contributed by atoms with E-state index in [1.807, 2.05) is 19.1 Å². The molecule has 1 aromatic heterocycles. The van der Waals surface area contributed by atoms with Crippen LogP contribution in [0.2, 0.25) is 0 Å². The Morgan fingerprint density at radius 1 is 1.22 bits per heavy atom. The summed E-state index contributed by atoms with van der Waals surface area (Å²) in [5, 5.41) is 14.0. The largest absolute Gasteiger partial charge is 0.384 e. The lowest BCUT2D eigenvalue weighted by molar-refractivity contribution is 0.164. The first kappa shape index (κ1) is 12.8. The number of anilines is 1. The highest BCUT2D eigenvalue weighted by Gasteiger charge is 2.07. The van der Waals surface area contributed by atoms with Gasteiger partial charge in [0.05, 0.1) is 12.3 Å². The van der Waals surface area contributed by atoms with Crippen LogP contribution < -0.4 is 5.32 Å². The molecule has 0 aliphatic rings. The highest BCUT2D eigenvalue weighted by atomic mass is 16.5. The van der Waals surface area contributed by atoms with E-state index in [0.717, 1.165) is 35.4 Å². The summed E-state index contributed by atoms with van der Waals surface area (Å²) in [6, 6.07) is 8.19. The molecule has 0 bridgehead atoms. The van der Waals surface area contributed by atoms with E-state index < -0.39 is 0 Å². The van der Waals surface area contributed by atoms with Crippen LogP contribution in [-0.2, 0) is 4.74 Å². The summed E-state index contributed by atoms with van der Waals surface area (Å²) in [6.45, 7) is 5.69. The zero-order chi connectivity index (χ0) is 13.0. The van der Waals surface area contributed by atoms with Crippen molar-refractivity contribution in [3.8, 4) is 0 Å². The zero-order valence-electron chi connectivity index (χ0n) is 11.1. The van der Waals surface area contributed by atoms with Gasteiger partial charge in [-0.05, 0) is 12.8 Å². The predicted octanol–water partition coefficient (Wildman–Crippen LogP) is 2.63. The van der Waals surface area contributed by atoms with E-state index in [1.165, 1.54) is 0 Å². The van der Waals surface area contributed by atoms with Crippen molar-refractivity contribution < 1.29 is 4.74 Å². The van der Waals surface area contributed by atoms with Crippen molar-refractivity contribution in [2.24, 2.45) is 5.92 Å². The Morgan fingerprint density at radius 2 is 1.94 bits per heavy atom. The maximum atomic E-state index is 5.12. The SMILES string of the molecule is COCC(C)CNc1nnc(C)c2ccccc12.